The predicted octanol–water partition coefficient (Wildman–Crippen LogP) is 3.45. The highest BCUT2D eigenvalue weighted by Gasteiger charge is 2.15. The van der Waals surface area contributed by atoms with Gasteiger partial charge < -0.3 is 9.47 Å². The van der Waals surface area contributed by atoms with Gasteiger partial charge in [-0.05, 0) is 47.9 Å². The minimum Gasteiger partial charge on any atom is -0.496 e. The number of nitrogens with zero attached hydrogens (tertiary/aromatic N) is 1. The standard InChI is InChI=1S/C14H20BrNO2/c1-17-13-9-14(18-2)12(15)8-11(13)10-16-6-4-3-5-7-16/h8-9H,3-7,10H2,1-2H3. The lowest BCUT2D eigenvalue weighted by Crippen LogP contribution is -2.29. The molecule has 1 fully saturated rings. The monoisotopic (exact) mass is 313 g/mol. The Morgan fingerprint density at radius 1 is 1.06 bits per heavy atom. The number of hydrogen-bond acceptors (Lipinski definition) is 3. The van der Waals surface area contributed by atoms with E-state index in [0.29, 0.717) is 0 Å². The lowest BCUT2D eigenvalue weighted by atomic mass is 10.1. The van der Waals surface area contributed by atoms with Crippen LogP contribution >= 0.6 is 15.9 Å². The second-order valence-electron chi connectivity index (χ2n) is 4.64. The maximum atomic E-state index is 5.46. The second-order valence-corrected chi connectivity index (χ2v) is 5.49. The molecule has 3 nitrogen and oxygen atoms in total. The van der Waals surface area contributed by atoms with Crippen LogP contribution in [0.5, 0.6) is 11.5 Å². The molecule has 1 aromatic rings. The Bertz CT molecular complexity index is 403. The van der Waals surface area contributed by atoms with Crippen LogP contribution in [0.3, 0.4) is 0 Å². The highest BCUT2D eigenvalue weighted by molar-refractivity contribution is 9.10. The molecule has 0 N–H and O–H groups in total. The molecule has 0 radical (unpaired) electrons. The van der Waals surface area contributed by atoms with Gasteiger partial charge in [-0.2, -0.15) is 0 Å². The van der Waals surface area contributed by atoms with Gasteiger partial charge in [-0.15, -0.1) is 0 Å². The minimum absolute atomic E-state index is 0.814. The molecule has 0 aromatic heterocycles. The van der Waals surface area contributed by atoms with E-state index in [4.69, 9.17) is 9.47 Å². The third kappa shape index (κ3) is 3.18. The molecule has 4 heteroatoms. The number of piperidine rings is 1. The van der Waals surface area contributed by atoms with Gasteiger partial charge in [0.2, 0.25) is 0 Å². The lowest BCUT2D eigenvalue weighted by Gasteiger charge is -2.27. The molecule has 1 aliphatic rings. The van der Waals surface area contributed by atoms with Crippen molar-refractivity contribution in [2.45, 2.75) is 25.8 Å². The highest BCUT2D eigenvalue weighted by atomic mass is 79.9. The van der Waals surface area contributed by atoms with Crippen molar-refractivity contribution in [1.29, 1.82) is 0 Å². The molecule has 0 unspecified atom stereocenters. The molecule has 1 aliphatic heterocycles. The zero-order valence-corrected chi connectivity index (χ0v) is 12.6. The summed E-state index contributed by atoms with van der Waals surface area (Å²) in [6.45, 7) is 3.32. The molecule has 0 amide bonds. The number of halogens is 1. The van der Waals surface area contributed by atoms with Crippen molar-refractivity contribution in [2.24, 2.45) is 0 Å². The molecule has 0 atom stereocenters. The Labute approximate surface area is 117 Å². The summed E-state index contributed by atoms with van der Waals surface area (Å²) < 4.78 is 11.7. The van der Waals surface area contributed by atoms with Crippen LogP contribution in [0.15, 0.2) is 16.6 Å². The van der Waals surface area contributed by atoms with Gasteiger partial charge in [0.1, 0.15) is 11.5 Å². The SMILES string of the molecule is COc1cc(OC)c(CN2CCCCC2)cc1Br. The first-order valence-corrected chi connectivity index (χ1v) is 7.16. The average molecular weight is 314 g/mol. The van der Waals surface area contributed by atoms with E-state index in [9.17, 15) is 0 Å². The third-order valence-electron chi connectivity index (χ3n) is 3.40. The normalized spacial score (nSPS) is 16.6. The van der Waals surface area contributed by atoms with Gasteiger partial charge >= 0.3 is 0 Å². The number of methoxy groups -OCH3 is 2. The van der Waals surface area contributed by atoms with Crippen LogP contribution in [-0.2, 0) is 6.54 Å². The molecule has 1 aromatic carbocycles. The van der Waals surface area contributed by atoms with Gasteiger partial charge in [0.05, 0.1) is 18.7 Å². The van der Waals surface area contributed by atoms with Crippen molar-refractivity contribution in [3.8, 4) is 11.5 Å². The van der Waals surface area contributed by atoms with Crippen molar-refractivity contribution in [3.05, 3.63) is 22.2 Å². The fraction of sp³-hybridized carbons (Fsp3) is 0.571. The van der Waals surface area contributed by atoms with E-state index < -0.39 is 0 Å². The van der Waals surface area contributed by atoms with Crippen molar-refractivity contribution in [1.82, 2.24) is 4.90 Å². The van der Waals surface area contributed by atoms with E-state index in [-0.39, 0.29) is 0 Å². The van der Waals surface area contributed by atoms with E-state index >= 15 is 0 Å². The van der Waals surface area contributed by atoms with Crippen molar-refractivity contribution in [2.75, 3.05) is 27.3 Å². The first-order valence-electron chi connectivity index (χ1n) is 6.37. The second kappa shape index (κ2) is 6.43. The summed E-state index contributed by atoms with van der Waals surface area (Å²) in [4.78, 5) is 2.49. The van der Waals surface area contributed by atoms with Crippen LogP contribution in [0, 0.1) is 0 Å². The van der Waals surface area contributed by atoms with Gasteiger partial charge in [0.15, 0.2) is 0 Å². The molecule has 2 rings (SSSR count). The fourth-order valence-corrected chi connectivity index (χ4v) is 2.96. The van der Waals surface area contributed by atoms with Gasteiger partial charge in [-0.25, -0.2) is 0 Å². The Hall–Kier alpha value is -0.740. The quantitative estimate of drug-likeness (QED) is 0.849. The number of hydrogen-bond donors (Lipinski definition) is 0. The summed E-state index contributed by atoms with van der Waals surface area (Å²) in [5.41, 5.74) is 1.21. The van der Waals surface area contributed by atoms with Gasteiger partial charge in [-0.3, -0.25) is 4.90 Å². The predicted molar refractivity (Wildman–Crippen MR) is 76.4 cm³/mol. The van der Waals surface area contributed by atoms with Crippen LogP contribution in [0.25, 0.3) is 0 Å². The Kier molecular flexibility index (Phi) is 4.89. The zero-order chi connectivity index (χ0) is 13.0. The lowest BCUT2D eigenvalue weighted by molar-refractivity contribution is 0.218. The summed E-state index contributed by atoms with van der Waals surface area (Å²) in [5, 5.41) is 0. The summed E-state index contributed by atoms with van der Waals surface area (Å²) >= 11 is 3.54. The molecule has 1 saturated heterocycles. The minimum atomic E-state index is 0.814. The smallest absolute Gasteiger partial charge is 0.136 e. The van der Waals surface area contributed by atoms with E-state index in [1.807, 2.05) is 6.07 Å². The summed E-state index contributed by atoms with van der Waals surface area (Å²) in [5.74, 6) is 1.72. The van der Waals surface area contributed by atoms with Crippen LogP contribution in [0.2, 0.25) is 0 Å². The van der Waals surface area contributed by atoms with Crippen LogP contribution in [0.4, 0.5) is 0 Å². The Morgan fingerprint density at radius 2 is 1.72 bits per heavy atom. The fourth-order valence-electron chi connectivity index (χ4n) is 2.40. The van der Waals surface area contributed by atoms with Gasteiger partial charge in [0.25, 0.3) is 0 Å². The third-order valence-corrected chi connectivity index (χ3v) is 4.02. The number of likely N-dealkylation sites (tertiary alicyclic amines) is 1. The molecular weight excluding hydrogens is 294 g/mol. The van der Waals surface area contributed by atoms with Gasteiger partial charge in [-0.1, -0.05) is 6.42 Å². The molecule has 1 heterocycles. The summed E-state index contributed by atoms with van der Waals surface area (Å²) in [6.07, 6.45) is 3.97. The zero-order valence-electron chi connectivity index (χ0n) is 11.0. The first kappa shape index (κ1) is 13.7. The van der Waals surface area contributed by atoms with Gasteiger partial charge in [0, 0.05) is 18.2 Å². The van der Waals surface area contributed by atoms with Crippen molar-refractivity contribution < 1.29 is 9.47 Å². The Balaban J connectivity index is 2.17. The van der Waals surface area contributed by atoms with Crippen LogP contribution in [0.1, 0.15) is 24.8 Å². The van der Waals surface area contributed by atoms with E-state index in [0.717, 1.165) is 22.5 Å². The van der Waals surface area contributed by atoms with Crippen LogP contribution < -0.4 is 9.47 Å². The van der Waals surface area contributed by atoms with Crippen molar-refractivity contribution in [3.63, 3.8) is 0 Å². The Morgan fingerprint density at radius 3 is 2.33 bits per heavy atom. The van der Waals surface area contributed by atoms with Crippen LogP contribution in [-0.4, -0.2) is 32.2 Å². The molecule has 0 spiro atoms. The molecule has 0 bridgehead atoms. The first-order chi connectivity index (χ1) is 8.74. The van der Waals surface area contributed by atoms with Crippen molar-refractivity contribution >= 4 is 15.9 Å². The molecule has 0 aliphatic carbocycles. The average Bonchev–Trinajstić information content (AvgIpc) is 2.40. The number of rotatable bonds is 4. The van der Waals surface area contributed by atoms with E-state index in [2.05, 4.69) is 26.9 Å². The number of ether oxygens (including phenoxy) is 2. The largest absolute Gasteiger partial charge is 0.496 e. The molecular formula is C14H20BrNO2. The maximum absolute atomic E-state index is 5.46. The highest BCUT2D eigenvalue weighted by Crippen LogP contribution is 2.33. The van der Waals surface area contributed by atoms with E-state index in [1.54, 1.807) is 14.2 Å². The molecule has 18 heavy (non-hydrogen) atoms. The maximum Gasteiger partial charge on any atom is 0.136 e. The molecule has 0 saturated carbocycles. The summed E-state index contributed by atoms with van der Waals surface area (Å²) in [6, 6.07) is 4.05. The topological polar surface area (TPSA) is 21.7 Å². The number of benzene rings is 1. The summed E-state index contributed by atoms with van der Waals surface area (Å²) in [7, 11) is 3.38. The van der Waals surface area contributed by atoms with E-state index in [1.165, 1.54) is 37.9 Å². The molecule has 100 valence electrons.